The van der Waals surface area contributed by atoms with Gasteiger partial charge in [-0.1, -0.05) is 41.5 Å². The average Bonchev–Trinajstić information content (AvgIpc) is 1.74. The Kier molecular flexibility index (Phi) is 2.30. The van der Waals surface area contributed by atoms with E-state index < -0.39 is 6.17 Å². The summed E-state index contributed by atoms with van der Waals surface area (Å²) in [6.45, 7) is 13.4. The molecule has 0 aromatic rings. The van der Waals surface area contributed by atoms with Crippen LogP contribution in [0.5, 0.6) is 0 Å². The molecule has 0 N–H and O–H groups in total. The Bertz CT molecular complexity index is 170. The monoisotopic (exact) mass is 186 g/mol. The zero-order valence-corrected chi connectivity index (χ0v) is 9.87. The van der Waals surface area contributed by atoms with Gasteiger partial charge in [0.2, 0.25) is 0 Å². The zero-order chi connectivity index (χ0) is 10.5. The largest absolute Gasteiger partial charge is 0.247 e. The SMILES string of the molecule is CC(C)(C)C1(C(C)(C)C)CC(F)C1. The molecule has 0 spiro atoms. The third-order valence-electron chi connectivity index (χ3n) is 4.01. The number of hydrogen-bond donors (Lipinski definition) is 0. The lowest BCUT2D eigenvalue weighted by atomic mass is 9.44. The normalized spacial score (nSPS) is 24.2. The maximum Gasteiger partial charge on any atom is 0.101 e. The molecule has 0 radical (unpaired) electrons. The van der Waals surface area contributed by atoms with Gasteiger partial charge >= 0.3 is 0 Å². The van der Waals surface area contributed by atoms with Crippen LogP contribution >= 0.6 is 0 Å². The van der Waals surface area contributed by atoms with Crippen molar-refractivity contribution < 1.29 is 4.39 Å². The molecule has 0 amide bonds. The lowest BCUT2D eigenvalue weighted by Gasteiger charge is -2.61. The Labute approximate surface area is 81.9 Å². The van der Waals surface area contributed by atoms with E-state index in [0.717, 1.165) is 12.8 Å². The Morgan fingerprint density at radius 1 is 0.923 bits per heavy atom. The highest BCUT2D eigenvalue weighted by Gasteiger charge is 2.58. The molecule has 0 atom stereocenters. The van der Waals surface area contributed by atoms with Gasteiger partial charge < -0.3 is 0 Å². The molecule has 1 saturated carbocycles. The average molecular weight is 186 g/mol. The molecule has 1 aliphatic rings. The summed E-state index contributed by atoms with van der Waals surface area (Å²) < 4.78 is 13.1. The van der Waals surface area contributed by atoms with Gasteiger partial charge in [0, 0.05) is 0 Å². The summed E-state index contributed by atoms with van der Waals surface area (Å²) in [7, 11) is 0. The van der Waals surface area contributed by atoms with Crippen molar-refractivity contribution in [2.75, 3.05) is 0 Å². The predicted molar refractivity (Wildman–Crippen MR) is 55.5 cm³/mol. The van der Waals surface area contributed by atoms with Crippen LogP contribution in [0.2, 0.25) is 0 Å². The second-order valence-electron chi connectivity index (χ2n) is 6.59. The van der Waals surface area contributed by atoms with Crippen molar-refractivity contribution in [3.05, 3.63) is 0 Å². The van der Waals surface area contributed by atoms with Gasteiger partial charge in [0.25, 0.3) is 0 Å². The molecule has 13 heavy (non-hydrogen) atoms. The Morgan fingerprint density at radius 3 is 1.31 bits per heavy atom. The van der Waals surface area contributed by atoms with E-state index in [1.165, 1.54) is 0 Å². The van der Waals surface area contributed by atoms with E-state index in [9.17, 15) is 4.39 Å². The summed E-state index contributed by atoms with van der Waals surface area (Å²) in [5, 5.41) is 0. The summed E-state index contributed by atoms with van der Waals surface area (Å²) in [4.78, 5) is 0. The van der Waals surface area contributed by atoms with E-state index in [1.807, 2.05) is 0 Å². The van der Waals surface area contributed by atoms with Crippen LogP contribution in [-0.2, 0) is 0 Å². The fourth-order valence-corrected chi connectivity index (χ4v) is 3.05. The summed E-state index contributed by atoms with van der Waals surface area (Å²) in [6, 6.07) is 0. The first-order valence-electron chi connectivity index (χ1n) is 5.24. The third kappa shape index (κ3) is 1.51. The van der Waals surface area contributed by atoms with E-state index in [0.29, 0.717) is 0 Å². The molecule has 0 bridgehead atoms. The van der Waals surface area contributed by atoms with Gasteiger partial charge in [0.05, 0.1) is 0 Å². The van der Waals surface area contributed by atoms with E-state index in [-0.39, 0.29) is 16.2 Å². The highest BCUT2D eigenvalue weighted by Crippen LogP contribution is 2.63. The highest BCUT2D eigenvalue weighted by molar-refractivity contribution is 5.07. The van der Waals surface area contributed by atoms with Gasteiger partial charge in [0.15, 0.2) is 0 Å². The molecule has 1 rings (SSSR count). The lowest BCUT2D eigenvalue weighted by Crippen LogP contribution is -2.55. The fraction of sp³-hybridized carbons (Fsp3) is 1.00. The van der Waals surface area contributed by atoms with Gasteiger partial charge in [-0.2, -0.15) is 0 Å². The second-order valence-corrected chi connectivity index (χ2v) is 6.59. The van der Waals surface area contributed by atoms with Gasteiger partial charge in [-0.15, -0.1) is 0 Å². The highest BCUT2D eigenvalue weighted by atomic mass is 19.1. The Morgan fingerprint density at radius 2 is 1.23 bits per heavy atom. The minimum absolute atomic E-state index is 0.194. The molecule has 1 aliphatic carbocycles. The molecule has 0 saturated heterocycles. The first-order valence-corrected chi connectivity index (χ1v) is 5.24. The third-order valence-corrected chi connectivity index (χ3v) is 4.01. The van der Waals surface area contributed by atoms with Crippen LogP contribution in [0.25, 0.3) is 0 Å². The van der Waals surface area contributed by atoms with E-state index >= 15 is 0 Å². The summed E-state index contributed by atoms with van der Waals surface area (Å²) in [6.07, 6.45) is 0.943. The minimum atomic E-state index is -0.557. The van der Waals surface area contributed by atoms with E-state index in [1.54, 1.807) is 0 Å². The van der Waals surface area contributed by atoms with E-state index in [2.05, 4.69) is 41.5 Å². The van der Waals surface area contributed by atoms with Crippen LogP contribution in [-0.4, -0.2) is 6.17 Å². The quantitative estimate of drug-likeness (QED) is 0.532. The number of halogens is 1. The Balaban J connectivity index is 2.93. The van der Waals surface area contributed by atoms with Crippen LogP contribution in [0.1, 0.15) is 54.4 Å². The molecule has 1 fully saturated rings. The molecule has 78 valence electrons. The minimum Gasteiger partial charge on any atom is -0.247 e. The van der Waals surface area contributed by atoms with Crippen molar-refractivity contribution in [2.24, 2.45) is 16.2 Å². The molecular formula is C12H23F. The topological polar surface area (TPSA) is 0 Å². The molecule has 0 aromatic carbocycles. The summed E-state index contributed by atoms with van der Waals surface area (Å²) >= 11 is 0. The zero-order valence-electron chi connectivity index (χ0n) is 9.87. The first kappa shape index (κ1) is 11.0. The summed E-state index contributed by atoms with van der Waals surface area (Å²) in [5.74, 6) is 0. The van der Waals surface area contributed by atoms with Crippen molar-refractivity contribution in [3.8, 4) is 0 Å². The maximum atomic E-state index is 13.1. The molecule has 1 heteroatoms. The van der Waals surface area contributed by atoms with Crippen molar-refractivity contribution in [2.45, 2.75) is 60.6 Å². The van der Waals surface area contributed by atoms with Crippen molar-refractivity contribution in [1.82, 2.24) is 0 Å². The van der Waals surface area contributed by atoms with Crippen LogP contribution < -0.4 is 0 Å². The number of hydrogen-bond acceptors (Lipinski definition) is 0. The van der Waals surface area contributed by atoms with E-state index in [4.69, 9.17) is 0 Å². The van der Waals surface area contributed by atoms with Crippen LogP contribution in [0, 0.1) is 16.2 Å². The lowest BCUT2D eigenvalue weighted by molar-refractivity contribution is -0.141. The van der Waals surface area contributed by atoms with Crippen LogP contribution in [0.15, 0.2) is 0 Å². The molecule has 0 nitrogen and oxygen atoms in total. The van der Waals surface area contributed by atoms with Gasteiger partial charge in [-0.3, -0.25) is 0 Å². The molecule has 0 heterocycles. The predicted octanol–water partition coefficient (Wildman–Crippen LogP) is 4.20. The molecule has 0 unspecified atom stereocenters. The van der Waals surface area contributed by atoms with Crippen molar-refractivity contribution >= 4 is 0 Å². The van der Waals surface area contributed by atoms with Gasteiger partial charge in [-0.05, 0) is 29.1 Å². The number of rotatable bonds is 0. The molecule has 0 aliphatic heterocycles. The molecular weight excluding hydrogens is 163 g/mol. The van der Waals surface area contributed by atoms with Crippen molar-refractivity contribution in [3.63, 3.8) is 0 Å². The first-order chi connectivity index (χ1) is 5.60. The fourth-order valence-electron chi connectivity index (χ4n) is 3.05. The number of alkyl halides is 1. The van der Waals surface area contributed by atoms with Crippen molar-refractivity contribution in [1.29, 1.82) is 0 Å². The second kappa shape index (κ2) is 2.71. The Hall–Kier alpha value is -0.0700. The van der Waals surface area contributed by atoms with Gasteiger partial charge in [-0.25, -0.2) is 4.39 Å². The standard InChI is InChI=1S/C12H23F/c1-10(2,3)12(11(4,5)6)7-9(13)8-12/h9H,7-8H2,1-6H3. The smallest absolute Gasteiger partial charge is 0.101 e. The van der Waals surface area contributed by atoms with Gasteiger partial charge in [0.1, 0.15) is 6.17 Å². The molecule has 0 aromatic heterocycles. The maximum absolute atomic E-state index is 13.1. The van der Waals surface area contributed by atoms with Crippen LogP contribution in [0.3, 0.4) is 0 Å². The van der Waals surface area contributed by atoms with Crippen LogP contribution in [0.4, 0.5) is 4.39 Å². The summed E-state index contributed by atoms with van der Waals surface area (Å²) in [5.41, 5.74) is 0.626.